The van der Waals surface area contributed by atoms with E-state index in [1.54, 1.807) is 0 Å². The molecule has 1 aliphatic carbocycles. The molecule has 4 heteroatoms. The van der Waals surface area contributed by atoms with Gasteiger partial charge in [-0.2, -0.15) is 0 Å². The molecule has 2 rings (SSSR count). The lowest BCUT2D eigenvalue weighted by Gasteiger charge is -2.25. The number of hydrogen-bond acceptors (Lipinski definition) is 4. The molecular weight excluding hydrogens is 228 g/mol. The van der Waals surface area contributed by atoms with Crippen LogP contribution in [0, 0.1) is 0 Å². The van der Waals surface area contributed by atoms with Crippen molar-refractivity contribution >= 4 is 0 Å². The first-order valence-corrected chi connectivity index (χ1v) is 7.52. The molecule has 0 spiro atoms. The second-order valence-corrected chi connectivity index (χ2v) is 5.60. The lowest BCUT2D eigenvalue weighted by Crippen LogP contribution is -2.47. The second kappa shape index (κ2) is 6.85. The van der Waals surface area contributed by atoms with E-state index in [0.29, 0.717) is 12.6 Å². The van der Waals surface area contributed by atoms with Crippen LogP contribution in [0.2, 0.25) is 0 Å². The molecule has 0 amide bonds. The van der Waals surface area contributed by atoms with Gasteiger partial charge in [0.25, 0.3) is 0 Å². The van der Waals surface area contributed by atoms with E-state index in [2.05, 4.69) is 24.1 Å². The molecule has 1 heterocycles. The van der Waals surface area contributed by atoms with E-state index in [-0.39, 0.29) is 18.2 Å². The van der Waals surface area contributed by atoms with Crippen molar-refractivity contribution in [3.63, 3.8) is 0 Å². The van der Waals surface area contributed by atoms with Crippen molar-refractivity contribution in [2.75, 3.05) is 26.2 Å². The summed E-state index contributed by atoms with van der Waals surface area (Å²) < 4.78 is 5.77. The molecule has 2 fully saturated rings. The molecule has 1 saturated heterocycles. The number of ether oxygens (including phenoxy) is 1. The molecule has 1 aliphatic heterocycles. The van der Waals surface area contributed by atoms with Gasteiger partial charge in [0.1, 0.15) is 0 Å². The van der Waals surface area contributed by atoms with Gasteiger partial charge in [-0.05, 0) is 25.9 Å². The minimum Gasteiger partial charge on any atom is -0.389 e. The number of nitrogens with zero attached hydrogens (tertiary/aromatic N) is 1. The van der Waals surface area contributed by atoms with Crippen molar-refractivity contribution in [2.24, 2.45) is 0 Å². The topological polar surface area (TPSA) is 44.7 Å². The summed E-state index contributed by atoms with van der Waals surface area (Å²) in [5.74, 6) is 0. The van der Waals surface area contributed by atoms with E-state index in [9.17, 15) is 5.11 Å². The molecule has 106 valence electrons. The summed E-state index contributed by atoms with van der Waals surface area (Å²) in [6, 6.07) is 0.731. The van der Waals surface area contributed by atoms with Gasteiger partial charge in [-0.15, -0.1) is 0 Å². The zero-order valence-electron chi connectivity index (χ0n) is 11.8. The maximum atomic E-state index is 10.3. The Hall–Kier alpha value is -0.160. The Bertz CT molecular complexity index is 228. The first kappa shape index (κ1) is 14.3. The highest BCUT2D eigenvalue weighted by Crippen LogP contribution is 2.22. The Labute approximate surface area is 111 Å². The summed E-state index contributed by atoms with van der Waals surface area (Å²) in [4.78, 5) is 2.31. The van der Waals surface area contributed by atoms with Crippen LogP contribution in [-0.2, 0) is 4.74 Å². The third-order valence-electron chi connectivity index (χ3n) is 4.42. The largest absolute Gasteiger partial charge is 0.389 e. The van der Waals surface area contributed by atoms with Crippen molar-refractivity contribution in [2.45, 2.75) is 63.8 Å². The van der Waals surface area contributed by atoms with E-state index in [1.165, 1.54) is 25.7 Å². The van der Waals surface area contributed by atoms with Crippen molar-refractivity contribution in [3.8, 4) is 0 Å². The van der Waals surface area contributed by atoms with Crippen molar-refractivity contribution in [1.82, 2.24) is 10.2 Å². The third kappa shape index (κ3) is 3.44. The van der Waals surface area contributed by atoms with Crippen LogP contribution in [0.3, 0.4) is 0 Å². The van der Waals surface area contributed by atoms with E-state index in [1.807, 2.05) is 0 Å². The SMILES string of the molecule is CCN(CC)C[C@@H]1OC[C@H](NC2CCCC2)[C@H]1O. The van der Waals surface area contributed by atoms with Crippen LogP contribution in [0.25, 0.3) is 0 Å². The molecule has 2 N–H and O–H groups in total. The average Bonchev–Trinajstić information content (AvgIpc) is 3.00. The third-order valence-corrected chi connectivity index (χ3v) is 4.42. The Kier molecular flexibility index (Phi) is 5.42. The maximum Gasteiger partial charge on any atom is 0.0989 e. The fraction of sp³-hybridized carbons (Fsp3) is 1.00. The van der Waals surface area contributed by atoms with Gasteiger partial charge in [-0.25, -0.2) is 0 Å². The molecule has 2 aliphatic rings. The molecular formula is C14H28N2O2. The number of hydrogen-bond donors (Lipinski definition) is 2. The summed E-state index contributed by atoms with van der Waals surface area (Å²) >= 11 is 0. The van der Waals surface area contributed by atoms with Gasteiger partial charge >= 0.3 is 0 Å². The minimum absolute atomic E-state index is 0.0243. The van der Waals surface area contributed by atoms with Crippen molar-refractivity contribution < 1.29 is 9.84 Å². The number of rotatable bonds is 6. The van der Waals surface area contributed by atoms with Crippen LogP contribution >= 0.6 is 0 Å². The Morgan fingerprint density at radius 2 is 1.89 bits per heavy atom. The average molecular weight is 256 g/mol. The van der Waals surface area contributed by atoms with E-state index >= 15 is 0 Å². The highest BCUT2D eigenvalue weighted by atomic mass is 16.5. The zero-order chi connectivity index (χ0) is 13.0. The summed E-state index contributed by atoms with van der Waals surface area (Å²) in [5, 5.41) is 13.9. The van der Waals surface area contributed by atoms with Gasteiger partial charge in [-0.1, -0.05) is 26.7 Å². The highest BCUT2D eigenvalue weighted by Gasteiger charge is 2.37. The molecule has 18 heavy (non-hydrogen) atoms. The molecule has 0 aromatic carbocycles. The number of aliphatic hydroxyl groups excluding tert-OH is 1. The fourth-order valence-corrected chi connectivity index (χ4v) is 3.12. The van der Waals surface area contributed by atoms with Crippen LogP contribution in [0.1, 0.15) is 39.5 Å². The standard InChI is InChI=1S/C14H28N2O2/c1-3-16(4-2)9-13-14(17)12(10-18-13)15-11-7-5-6-8-11/h11-15,17H,3-10H2,1-2H3/t12-,13-,14+/m0/s1. The van der Waals surface area contributed by atoms with Crippen LogP contribution in [-0.4, -0.2) is 60.5 Å². The number of aliphatic hydroxyl groups is 1. The first-order valence-electron chi connectivity index (χ1n) is 7.52. The lowest BCUT2D eigenvalue weighted by atomic mass is 10.1. The number of nitrogens with one attached hydrogen (secondary N) is 1. The molecule has 0 bridgehead atoms. The molecule has 0 aromatic rings. The normalized spacial score (nSPS) is 33.7. The smallest absolute Gasteiger partial charge is 0.0989 e. The first-order chi connectivity index (χ1) is 8.74. The Morgan fingerprint density at radius 3 is 2.50 bits per heavy atom. The Morgan fingerprint density at radius 1 is 1.22 bits per heavy atom. The van der Waals surface area contributed by atoms with Gasteiger partial charge in [0.15, 0.2) is 0 Å². The van der Waals surface area contributed by atoms with Crippen LogP contribution in [0.4, 0.5) is 0 Å². The molecule has 4 nitrogen and oxygen atoms in total. The molecule has 3 atom stereocenters. The highest BCUT2D eigenvalue weighted by molar-refractivity contribution is 4.92. The van der Waals surface area contributed by atoms with Crippen LogP contribution in [0.5, 0.6) is 0 Å². The van der Waals surface area contributed by atoms with Gasteiger partial charge < -0.3 is 20.1 Å². The van der Waals surface area contributed by atoms with E-state index in [4.69, 9.17) is 4.74 Å². The lowest BCUT2D eigenvalue weighted by molar-refractivity contribution is 0.0169. The fourth-order valence-electron chi connectivity index (χ4n) is 3.12. The predicted octanol–water partition coefficient (Wildman–Crippen LogP) is 0.989. The zero-order valence-corrected chi connectivity index (χ0v) is 11.8. The van der Waals surface area contributed by atoms with E-state index in [0.717, 1.165) is 19.6 Å². The van der Waals surface area contributed by atoms with Gasteiger partial charge in [-0.3, -0.25) is 0 Å². The molecule has 0 radical (unpaired) electrons. The monoisotopic (exact) mass is 256 g/mol. The van der Waals surface area contributed by atoms with Gasteiger partial charge in [0.05, 0.1) is 24.9 Å². The summed E-state index contributed by atoms with van der Waals surface area (Å²) in [6.07, 6.45) is 4.78. The maximum absolute atomic E-state index is 10.3. The Balaban J connectivity index is 1.78. The van der Waals surface area contributed by atoms with Gasteiger partial charge in [0.2, 0.25) is 0 Å². The summed E-state index contributed by atoms with van der Waals surface area (Å²) in [7, 11) is 0. The van der Waals surface area contributed by atoms with Crippen LogP contribution < -0.4 is 5.32 Å². The number of likely N-dealkylation sites (N-methyl/N-ethyl adjacent to an activating group) is 1. The molecule has 1 saturated carbocycles. The molecule has 0 unspecified atom stereocenters. The summed E-state index contributed by atoms with van der Waals surface area (Å²) in [5.41, 5.74) is 0. The minimum atomic E-state index is -0.355. The predicted molar refractivity (Wildman–Crippen MR) is 72.7 cm³/mol. The van der Waals surface area contributed by atoms with Gasteiger partial charge in [0, 0.05) is 12.6 Å². The van der Waals surface area contributed by atoms with E-state index < -0.39 is 0 Å². The molecule has 0 aromatic heterocycles. The van der Waals surface area contributed by atoms with Crippen LogP contribution in [0.15, 0.2) is 0 Å². The quantitative estimate of drug-likeness (QED) is 0.744. The van der Waals surface area contributed by atoms with Crippen molar-refractivity contribution in [1.29, 1.82) is 0 Å². The second-order valence-electron chi connectivity index (χ2n) is 5.60. The van der Waals surface area contributed by atoms with Crippen molar-refractivity contribution in [3.05, 3.63) is 0 Å². The summed E-state index contributed by atoms with van der Waals surface area (Å²) in [6.45, 7) is 7.84.